The highest BCUT2D eigenvalue weighted by molar-refractivity contribution is 7.16. The van der Waals surface area contributed by atoms with Crippen molar-refractivity contribution in [2.45, 2.75) is 38.6 Å². The molecule has 7 heteroatoms. The number of carbonyl (C=O) groups excluding carboxylic acids is 2. The molecule has 1 aliphatic heterocycles. The molecule has 0 fully saturated rings. The van der Waals surface area contributed by atoms with Crippen molar-refractivity contribution in [3.8, 4) is 6.07 Å². The molecule has 162 valence electrons. The maximum atomic E-state index is 12.7. The molecule has 1 N–H and O–H groups in total. The van der Waals surface area contributed by atoms with Crippen molar-refractivity contribution >= 4 is 28.2 Å². The number of aromatic nitrogens is 1. The van der Waals surface area contributed by atoms with Crippen LogP contribution < -0.4 is 5.32 Å². The van der Waals surface area contributed by atoms with Crippen molar-refractivity contribution in [1.29, 1.82) is 5.26 Å². The van der Waals surface area contributed by atoms with Gasteiger partial charge in [0.1, 0.15) is 11.1 Å². The molecule has 4 rings (SSSR count). The number of fused-ring (bicyclic) bond motifs is 1. The van der Waals surface area contributed by atoms with Crippen LogP contribution in [0.2, 0.25) is 0 Å². The Labute approximate surface area is 191 Å². The number of anilines is 1. The molecule has 0 unspecified atom stereocenters. The molecule has 2 amide bonds. The van der Waals surface area contributed by atoms with E-state index in [4.69, 9.17) is 0 Å². The minimum atomic E-state index is -0.112. The molecule has 0 aliphatic carbocycles. The summed E-state index contributed by atoms with van der Waals surface area (Å²) in [5.74, 6) is -0.0147. The summed E-state index contributed by atoms with van der Waals surface area (Å²) in [6.07, 6.45) is 2.89. The SMILES string of the molecule is C[C@@H](CC(=O)Nc1sc2c(c1C#N)CCN(C(=O)Cc1ccccn1)C2)c1ccccc1. The minimum Gasteiger partial charge on any atom is -0.337 e. The zero-order chi connectivity index (χ0) is 22.5. The third kappa shape index (κ3) is 4.87. The number of carbonyl (C=O) groups is 2. The van der Waals surface area contributed by atoms with E-state index in [1.165, 1.54) is 11.3 Å². The Kier molecular flexibility index (Phi) is 6.62. The number of thiophene rings is 1. The number of pyridine rings is 1. The van der Waals surface area contributed by atoms with E-state index in [1.54, 1.807) is 11.1 Å². The Morgan fingerprint density at radius 1 is 1.22 bits per heavy atom. The van der Waals surface area contributed by atoms with E-state index >= 15 is 0 Å². The highest BCUT2D eigenvalue weighted by Gasteiger charge is 2.28. The van der Waals surface area contributed by atoms with E-state index in [0.717, 1.165) is 21.7 Å². The van der Waals surface area contributed by atoms with Crippen LogP contribution in [-0.4, -0.2) is 28.2 Å². The fourth-order valence-corrected chi connectivity index (χ4v) is 5.18. The van der Waals surface area contributed by atoms with E-state index in [9.17, 15) is 14.9 Å². The average molecular weight is 445 g/mol. The van der Waals surface area contributed by atoms with Crippen LogP contribution in [0.3, 0.4) is 0 Å². The van der Waals surface area contributed by atoms with Gasteiger partial charge >= 0.3 is 0 Å². The third-order valence-corrected chi connectivity index (χ3v) is 6.83. The highest BCUT2D eigenvalue weighted by atomic mass is 32.1. The summed E-state index contributed by atoms with van der Waals surface area (Å²) in [6, 6.07) is 17.7. The van der Waals surface area contributed by atoms with Crippen molar-refractivity contribution in [3.63, 3.8) is 0 Å². The first-order chi connectivity index (χ1) is 15.5. The van der Waals surface area contributed by atoms with E-state index < -0.39 is 0 Å². The Morgan fingerprint density at radius 2 is 2.00 bits per heavy atom. The first-order valence-corrected chi connectivity index (χ1v) is 11.4. The normalized spacial score (nSPS) is 13.7. The van der Waals surface area contributed by atoms with Crippen LogP contribution in [-0.2, 0) is 29.0 Å². The van der Waals surface area contributed by atoms with Gasteiger partial charge in [-0.2, -0.15) is 5.26 Å². The number of hydrogen-bond acceptors (Lipinski definition) is 5. The molecule has 0 saturated carbocycles. The van der Waals surface area contributed by atoms with Gasteiger partial charge in [-0.25, -0.2) is 0 Å². The largest absolute Gasteiger partial charge is 0.337 e. The predicted molar refractivity (Wildman–Crippen MR) is 124 cm³/mol. The van der Waals surface area contributed by atoms with Crippen molar-refractivity contribution in [2.75, 3.05) is 11.9 Å². The Morgan fingerprint density at radius 3 is 2.72 bits per heavy atom. The summed E-state index contributed by atoms with van der Waals surface area (Å²) in [5, 5.41) is 13.3. The fraction of sp³-hybridized carbons (Fsp3) is 0.280. The van der Waals surface area contributed by atoms with Crippen LogP contribution in [0.1, 0.15) is 46.5 Å². The lowest BCUT2D eigenvalue weighted by Crippen LogP contribution is -2.36. The number of nitrogens with zero attached hydrogens (tertiary/aromatic N) is 3. The van der Waals surface area contributed by atoms with E-state index in [1.807, 2.05) is 55.5 Å². The molecular formula is C25H24N4O2S. The second-order valence-electron chi connectivity index (χ2n) is 7.95. The van der Waals surface area contributed by atoms with Crippen LogP contribution in [0.4, 0.5) is 5.00 Å². The lowest BCUT2D eigenvalue weighted by atomic mass is 9.97. The maximum absolute atomic E-state index is 12.7. The highest BCUT2D eigenvalue weighted by Crippen LogP contribution is 2.37. The van der Waals surface area contributed by atoms with Crippen molar-refractivity contribution in [1.82, 2.24) is 9.88 Å². The molecule has 6 nitrogen and oxygen atoms in total. The lowest BCUT2D eigenvalue weighted by molar-refractivity contribution is -0.131. The molecule has 3 aromatic rings. The summed E-state index contributed by atoms with van der Waals surface area (Å²) in [7, 11) is 0. The Hall–Kier alpha value is -3.50. The van der Waals surface area contributed by atoms with Gasteiger partial charge in [-0.1, -0.05) is 43.3 Å². The smallest absolute Gasteiger partial charge is 0.228 e. The van der Waals surface area contributed by atoms with Gasteiger partial charge in [-0.15, -0.1) is 11.3 Å². The molecule has 0 bridgehead atoms. The number of rotatable bonds is 6. The summed E-state index contributed by atoms with van der Waals surface area (Å²) in [5.41, 5.74) is 3.33. The summed E-state index contributed by atoms with van der Waals surface area (Å²) in [6.45, 7) is 3.03. The number of hydrogen-bond donors (Lipinski definition) is 1. The van der Waals surface area contributed by atoms with Crippen molar-refractivity contribution in [2.24, 2.45) is 0 Å². The van der Waals surface area contributed by atoms with Crippen LogP contribution >= 0.6 is 11.3 Å². The average Bonchev–Trinajstić information content (AvgIpc) is 3.16. The van der Waals surface area contributed by atoms with Gasteiger partial charge in [-0.3, -0.25) is 14.6 Å². The van der Waals surface area contributed by atoms with Crippen LogP contribution in [0.15, 0.2) is 54.7 Å². The van der Waals surface area contributed by atoms with Gasteiger partial charge < -0.3 is 10.2 Å². The monoisotopic (exact) mass is 444 g/mol. The molecule has 0 saturated heterocycles. The van der Waals surface area contributed by atoms with Crippen molar-refractivity contribution < 1.29 is 9.59 Å². The molecule has 1 aliphatic rings. The lowest BCUT2D eigenvalue weighted by Gasteiger charge is -2.27. The molecule has 3 heterocycles. The molecule has 0 spiro atoms. The maximum Gasteiger partial charge on any atom is 0.228 e. The third-order valence-electron chi connectivity index (χ3n) is 5.69. The van der Waals surface area contributed by atoms with E-state index in [2.05, 4.69) is 16.4 Å². The zero-order valence-corrected chi connectivity index (χ0v) is 18.7. The second-order valence-corrected chi connectivity index (χ2v) is 9.05. The summed E-state index contributed by atoms with van der Waals surface area (Å²) in [4.78, 5) is 32.4. The topological polar surface area (TPSA) is 86.1 Å². The van der Waals surface area contributed by atoms with Crippen molar-refractivity contribution in [3.05, 3.63) is 82.0 Å². The van der Waals surface area contributed by atoms with Crippen LogP contribution in [0.25, 0.3) is 0 Å². The van der Waals surface area contributed by atoms with Gasteiger partial charge in [0.05, 0.1) is 18.5 Å². The first kappa shape index (κ1) is 21.7. The first-order valence-electron chi connectivity index (χ1n) is 10.6. The Bertz CT molecular complexity index is 1150. The fourth-order valence-electron chi connectivity index (χ4n) is 3.95. The molecule has 32 heavy (non-hydrogen) atoms. The van der Waals surface area contributed by atoms with E-state index in [0.29, 0.717) is 36.5 Å². The second kappa shape index (κ2) is 9.75. The summed E-state index contributed by atoms with van der Waals surface area (Å²) >= 11 is 1.40. The number of amides is 2. The van der Waals surface area contributed by atoms with E-state index in [-0.39, 0.29) is 24.2 Å². The van der Waals surface area contributed by atoms with Gasteiger partial charge in [-0.05, 0) is 35.6 Å². The minimum absolute atomic E-state index is 0.0172. The Balaban J connectivity index is 1.43. The van der Waals surface area contributed by atoms with Gasteiger partial charge in [0.25, 0.3) is 0 Å². The van der Waals surface area contributed by atoms with Crippen LogP contribution in [0, 0.1) is 11.3 Å². The molecule has 2 aromatic heterocycles. The molecule has 0 radical (unpaired) electrons. The molecule has 1 aromatic carbocycles. The molecular weight excluding hydrogens is 420 g/mol. The van der Waals surface area contributed by atoms with Gasteiger partial charge in [0.15, 0.2) is 0 Å². The number of nitriles is 1. The van der Waals surface area contributed by atoms with Gasteiger partial charge in [0, 0.05) is 29.7 Å². The zero-order valence-electron chi connectivity index (χ0n) is 17.9. The van der Waals surface area contributed by atoms with Gasteiger partial charge in [0.2, 0.25) is 11.8 Å². The standard InChI is InChI=1S/C25H24N4O2S/c1-17(18-7-3-2-4-8-18)13-23(30)28-25-21(15-26)20-10-12-29(16-22(20)32-25)24(31)14-19-9-5-6-11-27-19/h2-9,11,17H,10,12-14,16H2,1H3,(H,28,30)/t17-/m0/s1. The molecule has 1 atom stereocenters. The number of benzene rings is 1. The van der Waals surface area contributed by atoms with Crippen LogP contribution in [0.5, 0.6) is 0 Å². The predicted octanol–water partition coefficient (Wildman–Crippen LogP) is 4.27. The number of nitrogens with one attached hydrogen (secondary N) is 1. The quantitative estimate of drug-likeness (QED) is 0.615. The summed E-state index contributed by atoms with van der Waals surface area (Å²) < 4.78 is 0.